The van der Waals surface area contributed by atoms with E-state index in [1.807, 2.05) is 42.5 Å². The average molecular weight is 590 g/mol. The van der Waals surface area contributed by atoms with Gasteiger partial charge in [-0.2, -0.15) is 13.2 Å². The van der Waals surface area contributed by atoms with E-state index in [0.717, 1.165) is 33.0 Å². The molecule has 212 valence electrons. The lowest BCUT2D eigenvalue weighted by molar-refractivity contribution is -0.140. The molecule has 2 aromatic heterocycles. The molecule has 6 rings (SSSR count). The number of anilines is 1. The van der Waals surface area contributed by atoms with Gasteiger partial charge in [0.15, 0.2) is 6.04 Å². The average Bonchev–Trinajstić information content (AvgIpc) is 3.35. The highest BCUT2D eigenvalue weighted by Crippen LogP contribution is 2.44. The fourth-order valence-corrected chi connectivity index (χ4v) is 5.90. The number of carboxylic acids is 1. The van der Waals surface area contributed by atoms with Crippen molar-refractivity contribution in [3.8, 4) is 11.1 Å². The van der Waals surface area contributed by atoms with Crippen molar-refractivity contribution in [3.05, 3.63) is 129 Å². The van der Waals surface area contributed by atoms with Crippen molar-refractivity contribution in [3.63, 3.8) is 0 Å². The van der Waals surface area contributed by atoms with Gasteiger partial charge < -0.3 is 10.0 Å². The number of hydrogen-bond donors (Lipinski definition) is 1. The summed E-state index contributed by atoms with van der Waals surface area (Å²) in [4.78, 5) is 32.2. The van der Waals surface area contributed by atoms with Crippen LogP contribution in [0.15, 0.2) is 95.9 Å². The summed E-state index contributed by atoms with van der Waals surface area (Å²) in [6.45, 7) is 0.0342. The summed E-state index contributed by atoms with van der Waals surface area (Å²) in [6.07, 6.45) is -2.90. The van der Waals surface area contributed by atoms with Crippen molar-refractivity contribution < 1.29 is 23.1 Å². The van der Waals surface area contributed by atoms with Crippen molar-refractivity contribution in [2.24, 2.45) is 0 Å². The summed E-state index contributed by atoms with van der Waals surface area (Å²) in [6, 6.07) is 22.1. The first kappa shape index (κ1) is 27.5. The van der Waals surface area contributed by atoms with Gasteiger partial charge in [0.1, 0.15) is 10.8 Å². The number of benzene rings is 3. The van der Waals surface area contributed by atoms with Crippen LogP contribution in [0.1, 0.15) is 28.4 Å². The molecule has 0 saturated heterocycles. The van der Waals surface area contributed by atoms with Crippen LogP contribution in [0.2, 0.25) is 5.02 Å². The molecule has 0 bridgehead atoms. The second-order valence-corrected chi connectivity index (χ2v) is 10.5. The third kappa shape index (κ3) is 4.90. The lowest BCUT2D eigenvalue weighted by atomic mass is 9.92. The number of aromatic nitrogens is 2. The Balaban J connectivity index is 1.66. The van der Waals surface area contributed by atoms with Gasteiger partial charge in [0.05, 0.1) is 24.3 Å². The number of hydrogen-bond acceptors (Lipinski definition) is 4. The van der Waals surface area contributed by atoms with Crippen molar-refractivity contribution in [2.75, 3.05) is 11.4 Å². The molecule has 3 heterocycles. The van der Waals surface area contributed by atoms with Crippen LogP contribution in [0.3, 0.4) is 0 Å². The normalized spacial score (nSPS) is 14.8. The lowest BCUT2D eigenvalue weighted by Gasteiger charge is -2.24. The zero-order chi connectivity index (χ0) is 29.6. The minimum absolute atomic E-state index is 0.0961. The van der Waals surface area contributed by atoms with Gasteiger partial charge >= 0.3 is 12.1 Å². The first-order chi connectivity index (χ1) is 20.1. The first-order valence-electron chi connectivity index (χ1n) is 13.1. The van der Waals surface area contributed by atoms with E-state index in [2.05, 4.69) is 4.98 Å². The van der Waals surface area contributed by atoms with E-state index in [-0.39, 0.29) is 41.5 Å². The van der Waals surface area contributed by atoms with Crippen molar-refractivity contribution >= 4 is 34.2 Å². The number of alkyl halides is 3. The zero-order valence-electron chi connectivity index (χ0n) is 22.0. The van der Waals surface area contributed by atoms with Crippen LogP contribution in [0.25, 0.3) is 21.9 Å². The van der Waals surface area contributed by atoms with Gasteiger partial charge in [-0.1, -0.05) is 72.3 Å². The molecule has 1 aliphatic heterocycles. The van der Waals surface area contributed by atoms with E-state index in [9.17, 15) is 27.9 Å². The molecule has 10 heteroatoms. The van der Waals surface area contributed by atoms with Crippen LogP contribution in [0.4, 0.5) is 19.0 Å². The highest BCUT2D eigenvalue weighted by atomic mass is 35.5. The molecule has 1 aliphatic rings. The molecule has 0 amide bonds. The molecule has 1 unspecified atom stereocenters. The largest absolute Gasteiger partial charge is 0.480 e. The number of carbonyl (C=O) groups is 1. The molecule has 1 N–H and O–H groups in total. The number of carboxylic acid groups (broad SMARTS) is 1. The Morgan fingerprint density at radius 3 is 2.48 bits per heavy atom. The molecule has 0 spiro atoms. The van der Waals surface area contributed by atoms with Crippen molar-refractivity contribution in [2.45, 2.75) is 25.2 Å². The third-order valence-corrected chi connectivity index (χ3v) is 7.91. The first-order valence-corrected chi connectivity index (χ1v) is 13.5. The van der Waals surface area contributed by atoms with Crippen molar-refractivity contribution in [1.29, 1.82) is 0 Å². The second kappa shape index (κ2) is 10.6. The quantitative estimate of drug-likeness (QED) is 0.231. The maximum absolute atomic E-state index is 13.9. The molecule has 0 aliphatic carbocycles. The summed E-state index contributed by atoms with van der Waals surface area (Å²) in [5.41, 5.74) is 0.594. The monoisotopic (exact) mass is 589 g/mol. The Hall–Kier alpha value is -4.63. The fraction of sp³-hybridized carbons (Fsp3) is 0.156. The molecule has 42 heavy (non-hydrogen) atoms. The Morgan fingerprint density at radius 2 is 1.74 bits per heavy atom. The van der Waals surface area contributed by atoms with Gasteiger partial charge in [-0.05, 0) is 51.7 Å². The number of pyridine rings is 2. The number of nitrogens with zero attached hydrogens (tertiary/aromatic N) is 3. The van der Waals surface area contributed by atoms with Crippen LogP contribution in [0, 0.1) is 0 Å². The van der Waals surface area contributed by atoms with Crippen LogP contribution in [-0.2, 0) is 23.9 Å². The van der Waals surface area contributed by atoms with Crippen LogP contribution in [-0.4, -0.2) is 27.2 Å². The molecule has 5 aromatic rings. The van der Waals surface area contributed by atoms with E-state index in [1.54, 1.807) is 29.3 Å². The van der Waals surface area contributed by atoms with Gasteiger partial charge in [-0.25, -0.2) is 4.79 Å². The van der Waals surface area contributed by atoms with Gasteiger partial charge in [-0.15, -0.1) is 0 Å². The zero-order valence-corrected chi connectivity index (χ0v) is 22.7. The summed E-state index contributed by atoms with van der Waals surface area (Å²) >= 11 is 6.76. The Morgan fingerprint density at radius 1 is 1.00 bits per heavy atom. The lowest BCUT2D eigenvalue weighted by Crippen LogP contribution is -2.29. The minimum atomic E-state index is -4.62. The maximum atomic E-state index is 13.9. The molecule has 0 fully saturated rings. The molecule has 0 saturated carbocycles. The summed E-state index contributed by atoms with van der Waals surface area (Å²) in [5.74, 6) is -1.06. The Kier molecular flexibility index (Phi) is 6.98. The summed E-state index contributed by atoms with van der Waals surface area (Å²) in [7, 11) is 0. The summed E-state index contributed by atoms with van der Waals surface area (Å²) in [5, 5.41) is 11.7. The molecule has 1 atom stereocenters. The smallest absolute Gasteiger partial charge is 0.416 e. The topological polar surface area (TPSA) is 75.4 Å². The molecular formula is C32H23ClF3N3O3. The Labute approximate surface area is 243 Å². The second-order valence-electron chi connectivity index (χ2n) is 10.1. The standard InChI is InChI=1S/C32H23ClF3N3O3/c33-28-25(16-20-9-5-8-19-7-1-2-13-24(19)20)27(21-10-6-11-22(15-21)32(34,35)36)29-38(17-23-12-3-4-14-37-23)18-26(31(41)42)39(29)30(28)40/h1-15,26H,16-18H2,(H,41,42). The van der Waals surface area contributed by atoms with Gasteiger partial charge in [-0.3, -0.25) is 14.3 Å². The minimum Gasteiger partial charge on any atom is -0.480 e. The van der Waals surface area contributed by atoms with E-state index in [1.165, 1.54) is 12.1 Å². The van der Waals surface area contributed by atoms with E-state index in [0.29, 0.717) is 11.3 Å². The SMILES string of the molecule is O=C(O)C1CN(Cc2ccccn2)c2c(-c3cccc(C(F)(F)F)c3)c(Cc3cccc4ccccc34)c(Cl)c(=O)n21. The summed E-state index contributed by atoms with van der Waals surface area (Å²) < 4.78 is 42.7. The maximum Gasteiger partial charge on any atom is 0.416 e. The van der Waals surface area contributed by atoms with Gasteiger partial charge in [0.2, 0.25) is 0 Å². The van der Waals surface area contributed by atoms with Crippen molar-refractivity contribution in [1.82, 2.24) is 9.55 Å². The number of halogens is 4. The molecular weight excluding hydrogens is 567 g/mol. The number of fused-ring (bicyclic) bond motifs is 2. The van der Waals surface area contributed by atoms with Crippen LogP contribution < -0.4 is 10.5 Å². The molecule has 6 nitrogen and oxygen atoms in total. The highest BCUT2D eigenvalue weighted by molar-refractivity contribution is 6.32. The van der Waals surface area contributed by atoms with E-state index < -0.39 is 29.3 Å². The third-order valence-electron chi connectivity index (χ3n) is 7.52. The molecule has 0 radical (unpaired) electrons. The molecule has 3 aromatic carbocycles. The van der Waals surface area contributed by atoms with E-state index in [4.69, 9.17) is 11.6 Å². The predicted molar refractivity (Wildman–Crippen MR) is 155 cm³/mol. The predicted octanol–water partition coefficient (Wildman–Crippen LogP) is 6.97. The fourth-order valence-electron chi connectivity index (χ4n) is 5.65. The number of aliphatic carboxylic acids is 1. The Bertz CT molecular complexity index is 1880. The van der Waals surface area contributed by atoms with E-state index >= 15 is 0 Å². The van der Waals surface area contributed by atoms with Gasteiger partial charge in [0.25, 0.3) is 5.56 Å². The van der Waals surface area contributed by atoms with Gasteiger partial charge in [0, 0.05) is 18.2 Å². The van der Waals surface area contributed by atoms with Crippen LogP contribution >= 0.6 is 11.6 Å². The number of rotatable bonds is 6. The van der Waals surface area contributed by atoms with Crippen LogP contribution in [0.5, 0.6) is 0 Å². The highest BCUT2D eigenvalue weighted by Gasteiger charge is 2.39.